The van der Waals surface area contributed by atoms with Gasteiger partial charge in [0.05, 0.1) is 12.9 Å². The van der Waals surface area contributed by atoms with Crippen LogP contribution in [0.25, 0.3) is 0 Å². The Labute approximate surface area is 109 Å². The van der Waals surface area contributed by atoms with Crippen molar-refractivity contribution in [1.82, 2.24) is 9.62 Å². The van der Waals surface area contributed by atoms with E-state index < -0.39 is 10.0 Å². The summed E-state index contributed by atoms with van der Waals surface area (Å²) in [6.07, 6.45) is 2.12. The molecule has 1 aliphatic rings. The maximum atomic E-state index is 11.8. The van der Waals surface area contributed by atoms with Gasteiger partial charge in [0.15, 0.2) is 0 Å². The second-order valence-corrected chi connectivity index (χ2v) is 6.57. The summed E-state index contributed by atoms with van der Waals surface area (Å²) in [5.41, 5.74) is 0. The molecule has 0 aromatic heterocycles. The molecular formula is C11H22N2O4S. The smallest absolute Gasteiger partial charge is 0.305 e. The molecule has 0 aromatic carbocycles. The van der Waals surface area contributed by atoms with E-state index in [1.54, 1.807) is 0 Å². The van der Waals surface area contributed by atoms with E-state index in [-0.39, 0.29) is 24.2 Å². The minimum atomic E-state index is -3.28. The molecule has 1 rings (SSSR count). The van der Waals surface area contributed by atoms with Crippen molar-refractivity contribution >= 4 is 16.0 Å². The summed E-state index contributed by atoms with van der Waals surface area (Å²) >= 11 is 0. The van der Waals surface area contributed by atoms with Gasteiger partial charge in [-0.05, 0) is 39.4 Å². The van der Waals surface area contributed by atoms with Crippen molar-refractivity contribution in [1.29, 1.82) is 0 Å². The molecule has 0 aliphatic carbocycles. The molecule has 18 heavy (non-hydrogen) atoms. The number of hydrogen-bond donors (Lipinski definition) is 1. The largest absolute Gasteiger partial charge is 0.469 e. The van der Waals surface area contributed by atoms with Crippen molar-refractivity contribution in [2.45, 2.75) is 31.7 Å². The Morgan fingerprint density at radius 3 is 2.56 bits per heavy atom. The van der Waals surface area contributed by atoms with E-state index >= 15 is 0 Å². The van der Waals surface area contributed by atoms with Crippen LogP contribution in [0.15, 0.2) is 0 Å². The first kappa shape index (κ1) is 15.4. The highest BCUT2D eigenvalue weighted by molar-refractivity contribution is 7.89. The summed E-state index contributed by atoms with van der Waals surface area (Å²) in [5, 5.41) is 0. The van der Waals surface area contributed by atoms with Gasteiger partial charge in [-0.1, -0.05) is 0 Å². The van der Waals surface area contributed by atoms with Crippen LogP contribution < -0.4 is 4.72 Å². The zero-order valence-corrected chi connectivity index (χ0v) is 11.8. The highest BCUT2D eigenvalue weighted by atomic mass is 32.2. The summed E-state index contributed by atoms with van der Waals surface area (Å²) < 4.78 is 30.7. The molecule has 0 bridgehead atoms. The number of nitrogens with zero attached hydrogens (tertiary/aromatic N) is 1. The first-order valence-corrected chi connectivity index (χ1v) is 7.83. The Kier molecular flexibility index (Phi) is 6.04. The number of esters is 1. The Balaban J connectivity index is 2.29. The van der Waals surface area contributed by atoms with Crippen molar-refractivity contribution < 1.29 is 17.9 Å². The number of carbonyl (C=O) groups excluding carboxylic acids is 1. The van der Waals surface area contributed by atoms with Crippen molar-refractivity contribution in [2.24, 2.45) is 0 Å². The molecule has 0 spiro atoms. The summed E-state index contributed by atoms with van der Waals surface area (Å²) in [4.78, 5) is 13.1. The van der Waals surface area contributed by atoms with Gasteiger partial charge in [0.2, 0.25) is 10.0 Å². The number of nitrogens with one attached hydrogen (secondary N) is 1. The van der Waals surface area contributed by atoms with Gasteiger partial charge < -0.3 is 9.64 Å². The van der Waals surface area contributed by atoms with Crippen LogP contribution in [0.4, 0.5) is 0 Å². The van der Waals surface area contributed by atoms with E-state index in [4.69, 9.17) is 0 Å². The number of ether oxygens (including phenoxy) is 1. The predicted molar refractivity (Wildman–Crippen MR) is 68.7 cm³/mol. The first-order chi connectivity index (χ1) is 8.43. The number of likely N-dealkylation sites (tertiary alicyclic amines) is 1. The van der Waals surface area contributed by atoms with Crippen LogP contribution in [0.2, 0.25) is 0 Å². The summed E-state index contributed by atoms with van der Waals surface area (Å²) in [6.45, 7) is 1.82. The van der Waals surface area contributed by atoms with Gasteiger partial charge in [-0.3, -0.25) is 4.79 Å². The Morgan fingerprint density at radius 2 is 2.00 bits per heavy atom. The molecule has 7 heteroatoms. The fourth-order valence-electron chi connectivity index (χ4n) is 1.95. The molecular weight excluding hydrogens is 256 g/mol. The van der Waals surface area contributed by atoms with E-state index in [1.807, 2.05) is 7.05 Å². The van der Waals surface area contributed by atoms with Crippen LogP contribution in [-0.2, 0) is 19.6 Å². The molecule has 0 atom stereocenters. The zero-order valence-electron chi connectivity index (χ0n) is 11.0. The number of carbonyl (C=O) groups is 1. The lowest BCUT2D eigenvalue weighted by Crippen LogP contribution is -2.44. The van der Waals surface area contributed by atoms with Gasteiger partial charge in [0, 0.05) is 12.5 Å². The average Bonchev–Trinajstić information content (AvgIpc) is 2.31. The number of hydrogen-bond acceptors (Lipinski definition) is 5. The summed E-state index contributed by atoms with van der Waals surface area (Å²) in [7, 11) is 0.0492. The molecule has 1 fully saturated rings. The fraction of sp³-hybridized carbons (Fsp3) is 0.909. The van der Waals surface area contributed by atoms with E-state index in [1.165, 1.54) is 7.11 Å². The minimum Gasteiger partial charge on any atom is -0.469 e. The molecule has 0 unspecified atom stereocenters. The number of methoxy groups -OCH3 is 1. The zero-order chi connectivity index (χ0) is 13.6. The minimum absolute atomic E-state index is 0.0194. The van der Waals surface area contributed by atoms with Crippen molar-refractivity contribution in [3.05, 3.63) is 0 Å². The van der Waals surface area contributed by atoms with Crippen molar-refractivity contribution in [3.63, 3.8) is 0 Å². The topological polar surface area (TPSA) is 75.7 Å². The van der Waals surface area contributed by atoms with Gasteiger partial charge in [-0.15, -0.1) is 0 Å². The normalized spacial score (nSPS) is 18.8. The standard InChI is InChI=1S/C11H22N2O4S/c1-13-7-5-10(6-8-13)12-18(15,16)9-3-4-11(14)17-2/h10,12H,3-9H2,1-2H3. The molecule has 1 saturated heterocycles. The molecule has 1 heterocycles. The third-order valence-electron chi connectivity index (χ3n) is 3.09. The van der Waals surface area contributed by atoms with Crippen LogP contribution in [0.1, 0.15) is 25.7 Å². The van der Waals surface area contributed by atoms with E-state index in [9.17, 15) is 13.2 Å². The fourth-order valence-corrected chi connectivity index (χ4v) is 3.33. The quantitative estimate of drug-likeness (QED) is 0.690. The second kappa shape index (κ2) is 7.06. The van der Waals surface area contributed by atoms with Crippen molar-refractivity contribution in [3.8, 4) is 0 Å². The maximum Gasteiger partial charge on any atom is 0.305 e. The molecule has 1 N–H and O–H groups in total. The predicted octanol–water partition coefficient (Wildman–Crippen LogP) is -0.0468. The van der Waals surface area contributed by atoms with Crippen LogP contribution in [0, 0.1) is 0 Å². The van der Waals surface area contributed by atoms with Gasteiger partial charge in [-0.25, -0.2) is 13.1 Å². The van der Waals surface area contributed by atoms with Gasteiger partial charge in [0.1, 0.15) is 0 Å². The average molecular weight is 278 g/mol. The Morgan fingerprint density at radius 1 is 1.39 bits per heavy atom. The van der Waals surface area contributed by atoms with Crippen LogP contribution >= 0.6 is 0 Å². The lowest BCUT2D eigenvalue weighted by atomic mass is 10.1. The molecule has 1 aliphatic heterocycles. The highest BCUT2D eigenvalue weighted by Gasteiger charge is 2.21. The molecule has 0 aromatic rings. The lowest BCUT2D eigenvalue weighted by Gasteiger charge is -2.29. The molecule has 0 radical (unpaired) electrons. The van der Waals surface area contributed by atoms with Gasteiger partial charge >= 0.3 is 5.97 Å². The molecule has 106 valence electrons. The molecule has 0 amide bonds. The Bertz CT molecular complexity index is 361. The molecule has 6 nitrogen and oxygen atoms in total. The second-order valence-electron chi connectivity index (χ2n) is 4.69. The number of sulfonamides is 1. The number of rotatable bonds is 6. The van der Waals surface area contributed by atoms with Crippen molar-refractivity contribution in [2.75, 3.05) is 33.0 Å². The van der Waals surface area contributed by atoms with Crippen LogP contribution in [0.5, 0.6) is 0 Å². The summed E-state index contributed by atoms with van der Waals surface area (Å²) in [6, 6.07) is 0.0318. The summed E-state index contributed by atoms with van der Waals surface area (Å²) in [5.74, 6) is -0.390. The third kappa shape index (κ3) is 5.79. The van der Waals surface area contributed by atoms with Gasteiger partial charge in [-0.2, -0.15) is 0 Å². The van der Waals surface area contributed by atoms with Crippen LogP contribution in [0.3, 0.4) is 0 Å². The highest BCUT2D eigenvalue weighted by Crippen LogP contribution is 2.10. The SMILES string of the molecule is COC(=O)CCCS(=O)(=O)NC1CCN(C)CC1. The third-order valence-corrected chi connectivity index (χ3v) is 4.61. The van der Waals surface area contributed by atoms with Crippen LogP contribution in [-0.4, -0.2) is 58.3 Å². The van der Waals surface area contributed by atoms with E-state index in [2.05, 4.69) is 14.4 Å². The van der Waals surface area contributed by atoms with E-state index in [0.717, 1.165) is 25.9 Å². The first-order valence-electron chi connectivity index (χ1n) is 6.18. The molecule has 0 saturated carbocycles. The lowest BCUT2D eigenvalue weighted by molar-refractivity contribution is -0.140. The van der Waals surface area contributed by atoms with Gasteiger partial charge in [0.25, 0.3) is 0 Å². The Hall–Kier alpha value is -0.660. The number of piperidine rings is 1. The monoisotopic (exact) mass is 278 g/mol. The van der Waals surface area contributed by atoms with E-state index in [0.29, 0.717) is 6.42 Å². The maximum absolute atomic E-state index is 11.8.